The molecule has 0 radical (unpaired) electrons. The van der Waals surface area contributed by atoms with Crippen LogP contribution >= 0.6 is 0 Å². The van der Waals surface area contributed by atoms with Crippen molar-refractivity contribution in [1.82, 2.24) is 0 Å². The molecule has 1 heteroatoms. The van der Waals surface area contributed by atoms with Gasteiger partial charge in [0, 0.05) is 6.61 Å². The monoisotopic (exact) mass is 168 g/mol. The second-order valence-electron chi connectivity index (χ2n) is 5.61. The largest absolute Gasteiger partial charge is 0.375 e. The van der Waals surface area contributed by atoms with E-state index >= 15 is 0 Å². The molecule has 0 N–H and O–H groups in total. The normalized spacial score (nSPS) is 41.8. The Morgan fingerprint density at radius 2 is 1.92 bits per heavy atom. The average Bonchev–Trinajstić information content (AvgIpc) is 2.27. The van der Waals surface area contributed by atoms with Crippen molar-refractivity contribution in [2.45, 2.75) is 52.1 Å². The average molecular weight is 168 g/mol. The fourth-order valence-corrected chi connectivity index (χ4v) is 2.53. The lowest BCUT2D eigenvalue weighted by Crippen LogP contribution is -2.48. The molecule has 1 aliphatic heterocycles. The van der Waals surface area contributed by atoms with Crippen molar-refractivity contribution in [3.8, 4) is 0 Å². The van der Waals surface area contributed by atoms with Crippen LogP contribution in [-0.2, 0) is 4.74 Å². The summed E-state index contributed by atoms with van der Waals surface area (Å²) < 4.78 is 5.80. The van der Waals surface area contributed by atoms with Crippen LogP contribution in [0.25, 0.3) is 0 Å². The fourth-order valence-electron chi connectivity index (χ4n) is 2.53. The number of ether oxygens (including phenoxy) is 1. The van der Waals surface area contributed by atoms with Crippen molar-refractivity contribution in [2.24, 2.45) is 11.3 Å². The molecule has 0 aromatic heterocycles. The van der Waals surface area contributed by atoms with Crippen molar-refractivity contribution >= 4 is 0 Å². The molecule has 0 unspecified atom stereocenters. The van der Waals surface area contributed by atoms with Gasteiger partial charge in [0.25, 0.3) is 0 Å². The maximum atomic E-state index is 5.80. The Bertz CT molecular complexity index is 164. The summed E-state index contributed by atoms with van der Waals surface area (Å²) in [6.45, 7) is 8.05. The molecule has 70 valence electrons. The molecule has 0 atom stereocenters. The Hall–Kier alpha value is -0.0400. The highest BCUT2D eigenvalue weighted by molar-refractivity contribution is 5.01. The second kappa shape index (κ2) is 2.47. The van der Waals surface area contributed by atoms with Gasteiger partial charge in [0.1, 0.15) is 0 Å². The standard InChI is InChI=1S/C11H20O/c1-10(2,3)9-7-11(8-9)5-4-6-12-11/h9H,4-8H2,1-3H3. The molecule has 0 aromatic rings. The second-order valence-corrected chi connectivity index (χ2v) is 5.61. The van der Waals surface area contributed by atoms with E-state index < -0.39 is 0 Å². The molecule has 2 fully saturated rings. The van der Waals surface area contributed by atoms with Gasteiger partial charge < -0.3 is 4.74 Å². The first-order valence-corrected chi connectivity index (χ1v) is 5.16. The molecule has 2 aliphatic rings. The van der Waals surface area contributed by atoms with Gasteiger partial charge in [-0.25, -0.2) is 0 Å². The Morgan fingerprint density at radius 3 is 2.33 bits per heavy atom. The molecule has 0 bridgehead atoms. The minimum Gasteiger partial charge on any atom is -0.375 e. The maximum Gasteiger partial charge on any atom is 0.0689 e. The predicted molar refractivity (Wildman–Crippen MR) is 50.1 cm³/mol. The van der Waals surface area contributed by atoms with Crippen LogP contribution in [0.1, 0.15) is 46.5 Å². The van der Waals surface area contributed by atoms with Gasteiger partial charge in [-0.3, -0.25) is 0 Å². The smallest absolute Gasteiger partial charge is 0.0689 e. The zero-order valence-electron chi connectivity index (χ0n) is 8.52. The van der Waals surface area contributed by atoms with Crippen molar-refractivity contribution in [3.63, 3.8) is 0 Å². The van der Waals surface area contributed by atoms with Gasteiger partial charge in [-0.15, -0.1) is 0 Å². The van der Waals surface area contributed by atoms with Crippen LogP contribution in [0.15, 0.2) is 0 Å². The zero-order valence-corrected chi connectivity index (χ0v) is 8.52. The summed E-state index contributed by atoms with van der Waals surface area (Å²) in [5, 5.41) is 0. The summed E-state index contributed by atoms with van der Waals surface area (Å²) in [7, 11) is 0. The molecule has 12 heavy (non-hydrogen) atoms. The van der Waals surface area contributed by atoms with Crippen molar-refractivity contribution < 1.29 is 4.74 Å². The third-order valence-electron chi connectivity index (χ3n) is 3.65. The zero-order chi connectivity index (χ0) is 8.82. The minimum atomic E-state index is 0.345. The number of hydrogen-bond donors (Lipinski definition) is 0. The highest BCUT2D eigenvalue weighted by Gasteiger charge is 2.50. The summed E-state index contributed by atoms with van der Waals surface area (Å²) in [6.07, 6.45) is 5.24. The summed E-state index contributed by atoms with van der Waals surface area (Å²) in [6, 6.07) is 0. The third kappa shape index (κ3) is 1.28. The van der Waals surface area contributed by atoms with Crippen LogP contribution in [0.5, 0.6) is 0 Å². The van der Waals surface area contributed by atoms with Gasteiger partial charge in [-0.2, -0.15) is 0 Å². The number of hydrogen-bond acceptors (Lipinski definition) is 1. The Morgan fingerprint density at radius 1 is 1.25 bits per heavy atom. The fraction of sp³-hybridized carbons (Fsp3) is 1.00. The van der Waals surface area contributed by atoms with Gasteiger partial charge in [0.15, 0.2) is 0 Å². The van der Waals surface area contributed by atoms with Gasteiger partial charge in [0.05, 0.1) is 5.60 Å². The molecular weight excluding hydrogens is 148 g/mol. The van der Waals surface area contributed by atoms with Crippen molar-refractivity contribution in [1.29, 1.82) is 0 Å². The highest BCUT2D eigenvalue weighted by Crippen LogP contribution is 2.53. The van der Waals surface area contributed by atoms with E-state index in [9.17, 15) is 0 Å². The van der Waals surface area contributed by atoms with E-state index in [0.717, 1.165) is 12.5 Å². The van der Waals surface area contributed by atoms with Gasteiger partial charge in [-0.1, -0.05) is 20.8 Å². The van der Waals surface area contributed by atoms with E-state index in [1.165, 1.54) is 25.7 Å². The summed E-state index contributed by atoms with van der Waals surface area (Å²) in [5.74, 6) is 0.899. The lowest BCUT2D eigenvalue weighted by Gasteiger charge is -2.50. The van der Waals surface area contributed by atoms with Crippen LogP contribution in [0.3, 0.4) is 0 Å². The van der Waals surface area contributed by atoms with Crippen LogP contribution in [-0.4, -0.2) is 12.2 Å². The molecule has 0 amide bonds. The summed E-state index contributed by atoms with van der Waals surface area (Å²) in [5.41, 5.74) is 0.842. The maximum absolute atomic E-state index is 5.80. The summed E-state index contributed by atoms with van der Waals surface area (Å²) >= 11 is 0. The molecule has 2 rings (SSSR count). The van der Waals surface area contributed by atoms with E-state index in [2.05, 4.69) is 20.8 Å². The highest BCUT2D eigenvalue weighted by atomic mass is 16.5. The molecule has 1 saturated carbocycles. The molecule has 1 heterocycles. The molecule has 1 saturated heterocycles. The van der Waals surface area contributed by atoms with E-state index in [-0.39, 0.29) is 0 Å². The van der Waals surface area contributed by atoms with Gasteiger partial charge in [-0.05, 0) is 37.0 Å². The minimum absolute atomic E-state index is 0.345. The first-order valence-electron chi connectivity index (χ1n) is 5.16. The van der Waals surface area contributed by atoms with Crippen molar-refractivity contribution in [3.05, 3.63) is 0 Å². The first-order chi connectivity index (χ1) is 5.52. The summed E-state index contributed by atoms with van der Waals surface area (Å²) in [4.78, 5) is 0. The molecule has 1 aliphatic carbocycles. The Balaban J connectivity index is 1.90. The predicted octanol–water partition coefficient (Wildman–Crippen LogP) is 2.99. The number of rotatable bonds is 0. The quantitative estimate of drug-likeness (QED) is 0.540. The van der Waals surface area contributed by atoms with Gasteiger partial charge >= 0.3 is 0 Å². The van der Waals surface area contributed by atoms with E-state index in [4.69, 9.17) is 4.74 Å². The van der Waals surface area contributed by atoms with Crippen LogP contribution in [0, 0.1) is 11.3 Å². The SMILES string of the molecule is CC(C)(C)C1CC2(CCCO2)C1. The van der Waals surface area contributed by atoms with Crippen molar-refractivity contribution in [2.75, 3.05) is 6.61 Å². The Labute approximate surface area is 75.5 Å². The van der Waals surface area contributed by atoms with Crippen LogP contribution in [0.2, 0.25) is 0 Å². The topological polar surface area (TPSA) is 9.23 Å². The van der Waals surface area contributed by atoms with Crippen LogP contribution < -0.4 is 0 Å². The molecule has 0 aromatic carbocycles. The third-order valence-corrected chi connectivity index (χ3v) is 3.65. The molecule has 1 nitrogen and oxygen atoms in total. The van der Waals surface area contributed by atoms with E-state index in [0.29, 0.717) is 11.0 Å². The Kier molecular flexibility index (Phi) is 1.76. The lowest BCUT2D eigenvalue weighted by atomic mass is 9.60. The lowest BCUT2D eigenvalue weighted by molar-refractivity contribution is -0.118. The van der Waals surface area contributed by atoms with Crippen LogP contribution in [0.4, 0.5) is 0 Å². The molecular formula is C11H20O. The first kappa shape index (κ1) is 8.55. The van der Waals surface area contributed by atoms with E-state index in [1.54, 1.807) is 0 Å². The van der Waals surface area contributed by atoms with E-state index in [1.807, 2.05) is 0 Å². The van der Waals surface area contributed by atoms with Gasteiger partial charge in [0.2, 0.25) is 0 Å². The molecule has 1 spiro atoms.